The molecule has 0 atom stereocenters. The highest BCUT2D eigenvalue weighted by molar-refractivity contribution is 7.33. The van der Waals surface area contributed by atoms with Gasteiger partial charge in [0, 0.05) is 48.2 Å². The molecule has 308 valence electrons. The van der Waals surface area contributed by atoms with Gasteiger partial charge in [-0.05, 0) is 144 Å². The van der Waals surface area contributed by atoms with Crippen LogP contribution in [0.25, 0.3) is 37.6 Å². The number of anilines is 3. The summed E-state index contributed by atoms with van der Waals surface area (Å²) in [5.74, 6) is 0. The van der Waals surface area contributed by atoms with Crippen LogP contribution in [0.5, 0.6) is 0 Å². The highest BCUT2D eigenvalue weighted by Gasteiger charge is 2.46. The summed E-state index contributed by atoms with van der Waals surface area (Å²) in [4.78, 5) is 2.72. The number of benzene rings is 5. The molecule has 60 heavy (non-hydrogen) atoms. The first kappa shape index (κ1) is 39.8. The van der Waals surface area contributed by atoms with Gasteiger partial charge in [-0.2, -0.15) is 0 Å². The molecule has 0 saturated carbocycles. The zero-order valence-electron chi connectivity index (χ0n) is 39.3. The van der Waals surface area contributed by atoms with Crippen molar-refractivity contribution in [1.82, 2.24) is 4.57 Å². The first-order valence-corrected chi connectivity index (χ1v) is 23.4. The number of thiophene rings is 1. The van der Waals surface area contributed by atoms with Gasteiger partial charge in [0.1, 0.15) is 0 Å². The van der Waals surface area contributed by atoms with Crippen LogP contribution in [0.3, 0.4) is 0 Å². The summed E-state index contributed by atoms with van der Waals surface area (Å²) in [6.45, 7) is 38.4. The molecule has 0 radical (unpaired) electrons. The molecule has 3 aliphatic rings. The van der Waals surface area contributed by atoms with Crippen molar-refractivity contribution < 1.29 is 0 Å². The molecule has 0 spiro atoms. The van der Waals surface area contributed by atoms with Gasteiger partial charge in [0.15, 0.2) is 0 Å². The number of hydrogen-bond acceptors (Lipinski definition) is 2. The third-order valence-electron chi connectivity index (χ3n) is 14.8. The fourth-order valence-electron chi connectivity index (χ4n) is 10.8. The quantitative estimate of drug-likeness (QED) is 0.150. The van der Waals surface area contributed by atoms with E-state index in [0.717, 1.165) is 0 Å². The molecule has 2 aliphatic heterocycles. The second-order valence-corrected chi connectivity index (χ2v) is 25.3. The largest absolute Gasteiger partial charge is 0.310 e. The highest BCUT2D eigenvalue weighted by atomic mass is 32.1. The van der Waals surface area contributed by atoms with Crippen LogP contribution in [0.4, 0.5) is 17.1 Å². The maximum atomic E-state index is 2.72. The van der Waals surface area contributed by atoms with E-state index in [9.17, 15) is 0 Å². The van der Waals surface area contributed by atoms with E-state index in [1.165, 1.54) is 117 Å². The Bertz CT molecular complexity index is 2970. The lowest BCUT2D eigenvalue weighted by atomic mass is 9.36. The average molecular weight is 809 g/mol. The summed E-state index contributed by atoms with van der Waals surface area (Å²) < 4.78 is 5.51. The van der Waals surface area contributed by atoms with Crippen LogP contribution in [0.15, 0.2) is 78.9 Å². The van der Waals surface area contributed by atoms with Crippen molar-refractivity contribution in [2.24, 2.45) is 0 Å². The molecule has 4 heteroatoms. The molecule has 0 bridgehead atoms. The van der Waals surface area contributed by atoms with Crippen LogP contribution in [-0.2, 0) is 32.5 Å². The molecule has 1 aliphatic carbocycles. The Kier molecular flexibility index (Phi) is 8.11. The molecule has 0 N–H and O–H groups in total. The van der Waals surface area contributed by atoms with Crippen LogP contribution in [-0.4, -0.2) is 11.3 Å². The smallest absolute Gasteiger partial charge is 0.264 e. The maximum absolute atomic E-state index is 2.72. The summed E-state index contributed by atoms with van der Waals surface area (Å²) in [5, 5.41) is 4.12. The SMILES string of the molecule is CC(C)(C)c1cc2c3c(c1)-n1c4ccc(C(C)(C)C)cc4c4cc(C(C)(C)C)cc(c41)B3c1sc3ccc(C(C)(C)C)cc3c1N2c1ccc2c(c1)C(C)(C)CCC2(C)C. The van der Waals surface area contributed by atoms with E-state index in [-0.39, 0.29) is 39.2 Å². The zero-order valence-corrected chi connectivity index (χ0v) is 40.1. The Morgan fingerprint density at radius 1 is 0.533 bits per heavy atom. The van der Waals surface area contributed by atoms with Gasteiger partial charge in [-0.25, -0.2) is 0 Å². The summed E-state index contributed by atoms with van der Waals surface area (Å²) >= 11 is 2.03. The summed E-state index contributed by atoms with van der Waals surface area (Å²) in [7, 11) is 0. The Morgan fingerprint density at radius 3 is 1.72 bits per heavy atom. The van der Waals surface area contributed by atoms with Gasteiger partial charge in [0.25, 0.3) is 6.71 Å². The Balaban J connectivity index is 1.40. The van der Waals surface area contributed by atoms with E-state index in [0.29, 0.717) is 0 Å². The van der Waals surface area contributed by atoms with E-state index < -0.39 is 0 Å². The number of hydrogen-bond donors (Lipinski definition) is 0. The molecule has 0 amide bonds. The molecule has 0 fully saturated rings. The van der Waals surface area contributed by atoms with Crippen LogP contribution in [0, 0.1) is 0 Å². The minimum Gasteiger partial charge on any atom is -0.310 e. The third-order valence-corrected chi connectivity index (χ3v) is 16.1. The van der Waals surface area contributed by atoms with Crippen molar-refractivity contribution in [2.45, 2.75) is 156 Å². The lowest BCUT2D eigenvalue weighted by molar-refractivity contribution is 0.332. The number of nitrogens with zero attached hydrogens (tertiary/aromatic N) is 2. The van der Waals surface area contributed by atoms with E-state index in [2.05, 4.69) is 199 Å². The fraction of sp³-hybridized carbons (Fsp3) is 0.429. The first-order chi connectivity index (χ1) is 27.8. The lowest BCUT2D eigenvalue weighted by Crippen LogP contribution is -2.59. The highest BCUT2D eigenvalue weighted by Crippen LogP contribution is 2.52. The van der Waals surface area contributed by atoms with Gasteiger partial charge >= 0.3 is 0 Å². The summed E-state index contributed by atoms with van der Waals surface area (Å²) in [6.07, 6.45) is 2.40. The van der Waals surface area contributed by atoms with Crippen molar-refractivity contribution in [1.29, 1.82) is 0 Å². The Morgan fingerprint density at radius 2 is 1.08 bits per heavy atom. The maximum Gasteiger partial charge on any atom is 0.264 e. The second-order valence-electron chi connectivity index (χ2n) is 24.2. The van der Waals surface area contributed by atoms with E-state index in [4.69, 9.17) is 0 Å². The van der Waals surface area contributed by atoms with Gasteiger partial charge in [-0.3, -0.25) is 0 Å². The monoisotopic (exact) mass is 808 g/mol. The minimum atomic E-state index is -0.0667. The van der Waals surface area contributed by atoms with Gasteiger partial charge in [0.2, 0.25) is 0 Å². The van der Waals surface area contributed by atoms with Gasteiger partial charge in [-0.15, -0.1) is 11.3 Å². The summed E-state index contributed by atoms with van der Waals surface area (Å²) in [6, 6.07) is 32.5. The molecule has 0 saturated heterocycles. The van der Waals surface area contributed by atoms with Crippen LogP contribution < -0.4 is 20.6 Å². The van der Waals surface area contributed by atoms with E-state index >= 15 is 0 Å². The van der Waals surface area contributed by atoms with Gasteiger partial charge < -0.3 is 9.47 Å². The van der Waals surface area contributed by atoms with Crippen LogP contribution >= 0.6 is 11.3 Å². The van der Waals surface area contributed by atoms with Crippen molar-refractivity contribution in [3.8, 4) is 5.69 Å². The normalized spacial score (nSPS) is 17.1. The molecular weight excluding hydrogens is 744 g/mol. The summed E-state index contributed by atoms with van der Waals surface area (Å²) in [5.41, 5.74) is 19.7. The van der Waals surface area contributed by atoms with E-state index in [1.54, 1.807) is 0 Å². The van der Waals surface area contributed by atoms with Crippen molar-refractivity contribution in [2.75, 3.05) is 4.90 Å². The number of aromatic nitrogens is 1. The number of fused-ring (bicyclic) bond motifs is 10. The molecule has 5 aromatic carbocycles. The molecule has 2 nitrogen and oxygen atoms in total. The van der Waals surface area contributed by atoms with Crippen molar-refractivity contribution in [3.05, 3.63) is 112 Å². The van der Waals surface area contributed by atoms with E-state index in [1.807, 2.05) is 11.3 Å². The number of rotatable bonds is 1. The zero-order chi connectivity index (χ0) is 43.0. The average Bonchev–Trinajstić information content (AvgIpc) is 3.69. The Labute approximate surface area is 364 Å². The lowest BCUT2D eigenvalue weighted by Gasteiger charge is -2.44. The van der Waals surface area contributed by atoms with Crippen LogP contribution in [0.2, 0.25) is 0 Å². The van der Waals surface area contributed by atoms with Crippen molar-refractivity contribution in [3.63, 3.8) is 0 Å². The van der Waals surface area contributed by atoms with Crippen molar-refractivity contribution >= 4 is 82.7 Å². The van der Waals surface area contributed by atoms with Gasteiger partial charge in [-0.1, -0.05) is 135 Å². The third kappa shape index (κ3) is 5.71. The fourth-order valence-corrected chi connectivity index (χ4v) is 12.1. The molecule has 10 rings (SSSR count). The second kappa shape index (κ2) is 12.2. The standard InChI is InChI=1S/C56H65BN2S/c1-51(2,3)32-17-21-43-37(25-32)38-27-34(53(7,8)9)28-42-48(38)59(43)45-30-35(54(10,11)12)29-44-47(45)57(42)50-49(39-26-33(52(4,5)6)18-22-46(39)60-50)58(44)36-19-20-40-41(31-36)56(15,16)24-23-55(40,13)14/h17-22,25-31H,23-24H2,1-16H3. The first-order valence-electron chi connectivity index (χ1n) is 22.6. The molecular formula is C56H65BN2S. The topological polar surface area (TPSA) is 8.17 Å². The molecule has 2 aromatic heterocycles. The predicted octanol–water partition coefficient (Wildman–Crippen LogP) is 14.2. The minimum absolute atomic E-state index is 0.0189. The van der Waals surface area contributed by atoms with Gasteiger partial charge in [0.05, 0.1) is 11.2 Å². The molecule has 4 heterocycles. The Hall–Kier alpha value is -4.28. The molecule has 0 unspecified atom stereocenters. The predicted molar refractivity (Wildman–Crippen MR) is 266 cm³/mol. The van der Waals surface area contributed by atoms with Crippen LogP contribution in [0.1, 0.15) is 157 Å². The molecule has 7 aromatic rings.